The summed E-state index contributed by atoms with van der Waals surface area (Å²) in [5.74, 6) is -1.06. The molecule has 2 rings (SSSR count). The minimum Gasteiger partial charge on any atom is -0.457 e. The molecule has 0 aliphatic rings. The van der Waals surface area contributed by atoms with Gasteiger partial charge < -0.3 is 16.2 Å². The lowest BCUT2D eigenvalue weighted by atomic mass is 10.1. The highest BCUT2D eigenvalue weighted by molar-refractivity contribution is 7.12. The molecule has 2 aromatic rings. The van der Waals surface area contributed by atoms with E-state index in [0.29, 0.717) is 21.7 Å². The average molecular weight is 276 g/mol. The lowest BCUT2D eigenvalue weighted by Gasteiger charge is -2.07. The minimum atomic E-state index is -0.553. The zero-order chi connectivity index (χ0) is 13.8. The molecule has 6 heteroatoms. The van der Waals surface area contributed by atoms with Crippen molar-refractivity contribution in [2.24, 2.45) is 5.73 Å². The van der Waals surface area contributed by atoms with Crippen LogP contribution < -0.4 is 11.5 Å². The van der Waals surface area contributed by atoms with E-state index in [1.807, 2.05) is 0 Å². The smallest absolute Gasteiger partial charge is 0.350 e. The average Bonchev–Trinajstić information content (AvgIpc) is 2.82. The molecule has 0 unspecified atom stereocenters. The first kappa shape index (κ1) is 13.1. The van der Waals surface area contributed by atoms with E-state index in [9.17, 15) is 9.59 Å². The van der Waals surface area contributed by atoms with Crippen LogP contribution in [0.15, 0.2) is 35.7 Å². The van der Waals surface area contributed by atoms with Gasteiger partial charge >= 0.3 is 5.97 Å². The number of nitrogens with two attached hydrogens (primary N) is 2. The number of amides is 1. The van der Waals surface area contributed by atoms with Crippen LogP contribution in [0, 0.1) is 0 Å². The summed E-state index contributed by atoms with van der Waals surface area (Å²) in [5, 5.41) is 1.71. The molecule has 4 N–H and O–H groups in total. The molecule has 0 saturated heterocycles. The summed E-state index contributed by atoms with van der Waals surface area (Å²) < 4.78 is 5.13. The van der Waals surface area contributed by atoms with Crippen LogP contribution >= 0.6 is 11.3 Å². The number of carbonyl (C=O) groups is 2. The van der Waals surface area contributed by atoms with Gasteiger partial charge in [-0.05, 0) is 17.5 Å². The van der Waals surface area contributed by atoms with Gasteiger partial charge in [0.05, 0.1) is 5.69 Å². The van der Waals surface area contributed by atoms with Crippen molar-refractivity contribution in [3.8, 4) is 0 Å². The van der Waals surface area contributed by atoms with Crippen LogP contribution in [0.25, 0.3) is 0 Å². The zero-order valence-corrected chi connectivity index (χ0v) is 10.8. The van der Waals surface area contributed by atoms with Crippen molar-refractivity contribution in [1.82, 2.24) is 0 Å². The van der Waals surface area contributed by atoms with E-state index >= 15 is 0 Å². The van der Waals surface area contributed by atoms with Crippen molar-refractivity contribution >= 4 is 28.9 Å². The van der Waals surface area contributed by atoms with Gasteiger partial charge in [0, 0.05) is 11.1 Å². The van der Waals surface area contributed by atoms with Gasteiger partial charge in [-0.25, -0.2) is 4.79 Å². The lowest BCUT2D eigenvalue weighted by molar-refractivity contribution is 0.0477. The number of hydrogen-bond donors (Lipinski definition) is 2. The van der Waals surface area contributed by atoms with Crippen molar-refractivity contribution in [2.45, 2.75) is 6.61 Å². The molecule has 0 fully saturated rings. The van der Waals surface area contributed by atoms with Crippen molar-refractivity contribution < 1.29 is 14.3 Å². The predicted molar refractivity (Wildman–Crippen MR) is 72.8 cm³/mol. The Bertz CT molecular complexity index is 622. The minimum absolute atomic E-state index is 0.0186. The van der Waals surface area contributed by atoms with Gasteiger partial charge in [0.15, 0.2) is 0 Å². The maximum absolute atomic E-state index is 11.8. The van der Waals surface area contributed by atoms with E-state index < -0.39 is 11.9 Å². The molecule has 1 aromatic carbocycles. The van der Waals surface area contributed by atoms with Gasteiger partial charge in [-0.3, -0.25) is 4.79 Å². The summed E-state index contributed by atoms with van der Waals surface area (Å²) in [5.41, 5.74) is 12.2. The summed E-state index contributed by atoms with van der Waals surface area (Å²) in [4.78, 5) is 23.3. The first-order chi connectivity index (χ1) is 9.09. The number of nitrogen functional groups attached to an aromatic ring is 1. The molecular formula is C13H12N2O3S. The van der Waals surface area contributed by atoms with Gasteiger partial charge in [0.25, 0.3) is 0 Å². The third-order valence-corrected chi connectivity index (χ3v) is 3.43. The standard InChI is InChI=1S/C13H12N2O3S/c14-10-5-6-19-11(10)13(17)18-7-8-3-1-2-4-9(8)12(15)16/h1-6H,7,14H2,(H2,15,16). The fourth-order valence-electron chi connectivity index (χ4n) is 1.58. The second-order valence-electron chi connectivity index (χ2n) is 3.80. The Morgan fingerprint density at radius 3 is 2.58 bits per heavy atom. The van der Waals surface area contributed by atoms with Crippen molar-refractivity contribution in [3.05, 3.63) is 51.7 Å². The summed E-state index contributed by atoms with van der Waals surface area (Å²) in [6.07, 6.45) is 0. The van der Waals surface area contributed by atoms with Crippen LogP contribution in [-0.2, 0) is 11.3 Å². The van der Waals surface area contributed by atoms with Crippen LogP contribution in [0.2, 0.25) is 0 Å². The largest absolute Gasteiger partial charge is 0.457 e. The summed E-state index contributed by atoms with van der Waals surface area (Å²) in [6.45, 7) is -0.0186. The molecule has 1 aromatic heterocycles. The molecule has 0 saturated carbocycles. The SMILES string of the molecule is NC(=O)c1ccccc1COC(=O)c1sccc1N. The highest BCUT2D eigenvalue weighted by Crippen LogP contribution is 2.20. The Kier molecular flexibility index (Phi) is 3.82. The number of thiophene rings is 1. The van der Waals surface area contributed by atoms with Crippen LogP contribution in [-0.4, -0.2) is 11.9 Å². The number of rotatable bonds is 4. The van der Waals surface area contributed by atoms with E-state index in [-0.39, 0.29) is 6.61 Å². The van der Waals surface area contributed by atoms with Crippen molar-refractivity contribution in [3.63, 3.8) is 0 Å². The van der Waals surface area contributed by atoms with E-state index in [1.54, 1.807) is 35.7 Å². The Morgan fingerprint density at radius 1 is 1.21 bits per heavy atom. The molecule has 0 spiro atoms. The zero-order valence-electron chi connectivity index (χ0n) is 9.96. The van der Waals surface area contributed by atoms with E-state index in [2.05, 4.69) is 0 Å². The number of ether oxygens (including phenoxy) is 1. The fourth-order valence-corrected chi connectivity index (χ4v) is 2.29. The van der Waals surface area contributed by atoms with Crippen LogP contribution in [0.3, 0.4) is 0 Å². The predicted octanol–water partition coefficient (Wildman–Crippen LogP) is 1.79. The normalized spacial score (nSPS) is 10.1. The Labute approximate surface area is 113 Å². The maximum Gasteiger partial charge on any atom is 0.350 e. The third kappa shape index (κ3) is 2.92. The third-order valence-electron chi connectivity index (χ3n) is 2.52. The van der Waals surface area contributed by atoms with Crippen molar-refractivity contribution in [2.75, 3.05) is 5.73 Å². The molecule has 0 aliphatic heterocycles. The molecule has 98 valence electrons. The second kappa shape index (κ2) is 5.53. The number of primary amides is 1. The Balaban J connectivity index is 2.10. The quantitative estimate of drug-likeness (QED) is 0.832. The molecule has 0 bridgehead atoms. The Morgan fingerprint density at radius 2 is 1.95 bits per heavy atom. The lowest BCUT2D eigenvalue weighted by Crippen LogP contribution is -2.15. The van der Waals surface area contributed by atoms with E-state index in [0.717, 1.165) is 0 Å². The van der Waals surface area contributed by atoms with Crippen LogP contribution in [0.5, 0.6) is 0 Å². The number of hydrogen-bond acceptors (Lipinski definition) is 5. The molecule has 5 nitrogen and oxygen atoms in total. The Hall–Kier alpha value is -2.34. The van der Waals surface area contributed by atoms with Gasteiger partial charge in [0.2, 0.25) is 5.91 Å². The van der Waals surface area contributed by atoms with Gasteiger partial charge in [0.1, 0.15) is 11.5 Å². The topological polar surface area (TPSA) is 95.4 Å². The van der Waals surface area contributed by atoms with Crippen LogP contribution in [0.1, 0.15) is 25.6 Å². The van der Waals surface area contributed by atoms with E-state index in [4.69, 9.17) is 16.2 Å². The number of anilines is 1. The number of esters is 1. The molecular weight excluding hydrogens is 264 g/mol. The summed E-state index contributed by atoms with van der Waals surface area (Å²) in [6, 6.07) is 8.35. The van der Waals surface area contributed by atoms with Crippen LogP contribution in [0.4, 0.5) is 5.69 Å². The van der Waals surface area contributed by atoms with Gasteiger partial charge in [-0.1, -0.05) is 18.2 Å². The number of carbonyl (C=O) groups excluding carboxylic acids is 2. The monoisotopic (exact) mass is 276 g/mol. The molecule has 0 radical (unpaired) electrons. The highest BCUT2D eigenvalue weighted by atomic mass is 32.1. The second-order valence-corrected chi connectivity index (χ2v) is 4.72. The molecule has 0 atom stereocenters. The maximum atomic E-state index is 11.8. The van der Waals surface area contributed by atoms with E-state index in [1.165, 1.54) is 11.3 Å². The molecule has 0 aliphatic carbocycles. The van der Waals surface area contributed by atoms with Crippen molar-refractivity contribution in [1.29, 1.82) is 0 Å². The summed E-state index contributed by atoms with van der Waals surface area (Å²) >= 11 is 1.21. The van der Waals surface area contributed by atoms with Gasteiger partial charge in [-0.15, -0.1) is 11.3 Å². The molecule has 1 heterocycles. The summed E-state index contributed by atoms with van der Waals surface area (Å²) in [7, 11) is 0. The fraction of sp³-hybridized carbons (Fsp3) is 0.0769. The number of benzene rings is 1. The first-order valence-corrected chi connectivity index (χ1v) is 6.35. The highest BCUT2D eigenvalue weighted by Gasteiger charge is 2.14. The molecule has 1 amide bonds. The van der Waals surface area contributed by atoms with Gasteiger partial charge in [-0.2, -0.15) is 0 Å². The molecule has 19 heavy (non-hydrogen) atoms. The first-order valence-electron chi connectivity index (χ1n) is 5.47.